The van der Waals surface area contributed by atoms with Crippen LogP contribution < -0.4 is 0 Å². The standard InChI is InChI=1S/C12H10BrN5O2/c13-10-5-3-9(4-6-10)11(17-14)12(19)20-8-2-1-7-16-18-15/h1-6H,7-8H2/b2-1-. The van der Waals surface area contributed by atoms with Crippen molar-refractivity contribution < 1.29 is 14.3 Å². The van der Waals surface area contributed by atoms with E-state index in [9.17, 15) is 4.79 Å². The second-order valence-corrected chi connectivity index (χ2v) is 4.35. The molecule has 0 heterocycles. The number of esters is 1. The summed E-state index contributed by atoms with van der Waals surface area (Å²) in [5, 5.41) is 3.28. The normalized spacial score (nSPS) is 9.65. The molecule has 0 spiro atoms. The highest BCUT2D eigenvalue weighted by Crippen LogP contribution is 2.11. The first-order chi connectivity index (χ1) is 9.69. The number of ether oxygens (including phenoxy) is 1. The van der Waals surface area contributed by atoms with Gasteiger partial charge >= 0.3 is 11.7 Å². The Hall–Kier alpha value is -2.40. The minimum Gasteiger partial charge on any atom is -0.453 e. The van der Waals surface area contributed by atoms with Gasteiger partial charge in [-0.05, 0) is 29.8 Å². The van der Waals surface area contributed by atoms with Crippen LogP contribution in [0.4, 0.5) is 0 Å². The monoisotopic (exact) mass is 335 g/mol. The molecular weight excluding hydrogens is 326 g/mol. The summed E-state index contributed by atoms with van der Waals surface area (Å²) in [6, 6.07) is 6.68. The van der Waals surface area contributed by atoms with Crippen LogP contribution in [0.2, 0.25) is 0 Å². The van der Waals surface area contributed by atoms with E-state index < -0.39 is 5.97 Å². The predicted molar refractivity (Wildman–Crippen MR) is 76.0 cm³/mol. The van der Waals surface area contributed by atoms with Crippen LogP contribution in [-0.2, 0) is 9.53 Å². The van der Waals surface area contributed by atoms with E-state index in [0.29, 0.717) is 5.56 Å². The molecule has 0 saturated carbocycles. The molecule has 20 heavy (non-hydrogen) atoms. The quantitative estimate of drug-likeness (QED) is 0.199. The van der Waals surface area contributed by atoms with Crippen molar-refractivity contribution >= 4 is 27.6 Å². The maximum absolute atomic E-state index is 11.7. The predicted octanol–water partition coefficient (Wildman–Crippen LogP) is 2.88. The van der Waals surface area contributed by atoms with Crippen LogP contribution in [0.1, 0.15) is 5.56 Å². The lowest BCUT2D eigenvalue weighted by Gasteiger charge is -1.98. The molecule has 1 rings (SSSR count). The Labute approximate surface area is 123 Å². The summed E-state index contributed by atoms with van der Waals surface area (Å²) in [4.78, 5) is 17.2. The number of nitrogens with zero attached hydrogens (tertiary/aromatic N) is 5. The van der Waals surface area contributed by atoms with Gasteiger partial charge in [0.25, 0.3) is 0 Å². The zero-order valence-corrected chi connectivity index (χ0v) is 11.9. The molecule has 0 amide bonds. The lowest BCUT2D eigenvalue weighted by Crippen LogP contribution is -2.19. The lowest BCUT2D eigenvalue weighted by molar-refractivity contribution is -0.138. The molecule has 0 aliphatic carbocycles. The molecule has 0 fully saturated rings. The van der Waals surface area contributed by atoms with E-state index in [4.69, 9.17) is 15.8 Å². The van der Waals surface area contributed by atoms with Gasteiger partial charge in [-0.15, -0.1) is 0 Å². The first-order valence-corrected chi connectivity index (χ1v) is 6.29. The van der Waals surface area contributed by atoms with Gasteiger partial charge in [-0.2, -0.15) is 4.79 Å². The summed E-state index contributed by atoms with van der Waals surface area (Å²) >= 11 is 3.26. The first kappa shape index (κ1) is 15.7. The third-order valence-corrected chi connectivity index (χ3v) is 2.67. The number of azide groups is 1. The largest absolute Gasteiger partial charge is 0.453 e. The van der Waals surface area contributed by atoms with E-state index in [0.717, 1.165) is 4.47 Å². The Bertz CT molecular complexity index is 599. The molecule has 0 aliphatic heterocycles. The van der Waals surface area contributed by atoms with Crippen LogP contribution in [0.25, 0.3) is 16.0 Å². The van der Waals surface area contributed by atoms with Crippen LogP contribution >= 0.6 is 15.9 Å². The smallest absolute Gasteiger partial charge is 0.422 e. The topological polar surface area (TPSA) is 111 Å². The van der Waals surface area contributed by atoms with Crippen molar-refractivity contribution in [3.63, 3.8) is 0 Å². The molecule has 1 aromatic carbocycles. The second-order valence-electron chi connectivity index (χ2n) is 3.44. The third kappa shape index (κ3) is 5.07. The maximum atomic E-state index is 11.7. The Morgan fingerprint density at radius 2 is 2.00 bits per heavy atom. The van der Waals surface area contributed by atoms with Gasteiger partial charge in [0.15, 0.2) is 0 Å². The van der Waals surface area contributed by atoms with E-state index in [-0.39, 0.29) is 18.9 Å². The average molecular weight is 336 g/mol. The van der Waals surface area contributed by atoms with Crippen molar-refractivity contribution in [3.8, 4) is 0 Å². The van der Waals surface area contributed by atoms with Crippen molar-refractivity contribution in [2.75, 3.05) is 13.2 Å². The van der Waals surface area contributed by atoms with Crippen molar-refractivity contribution in [1.29, 1.82) is 0 Å². The summed E-state index contributed by atoms with van der Waals surface area (Å²) in [5.74, 6) is -0.747. The molecule has 0 radical (unpaired) electrons. The van der Waals surface area contributed by atoms with Gasteiger partial charge in [0.1, 0.15) is 6.61 Å². The molecule has 0 N–H and O–H groups in total. The van der Waals surface area contributed by atoms with Crippen molar-refractivity contribution in [2.45, 2.75) is 0 Å². The number of carbonyl (C=O) groups excluding carboxylic acids is 1. The first-order valence-electron chi connectivity index (χ1n) is 5.50. The maximum Gasteiger partial charge on any atom is 0.422 e. The Balaban J connectivity index is 2.61. The summed E-state index contributed by atoms with van der Waals surface area (Å²) < 4.78 is 5.74. The van der Waals surface area contributed by atoms with Gasteiger partial charge < -0.3 is 10.3 Å². The molecule has 0 bridgehead atoms. The number of hydrogen-bond donors (Lipinski definition) is 0. The van der Waals surface area contributed by atoms with Gasteiger partial charge in [0, 0.05) is 15.9 Å². The number of hydrogen-bond acceptors (Lipinski definition) is 3. The highest BCUT2D eigenvalue weighted by molar-refractivity contribution is 9.10. The van der Waals surface area contributed by atoms with Crippen LogP contribution in [0.5, 0.6) is 0 Å². The van der Waals surface area contributed by atoms with Crippen molar-refractivity contribution in [1.82, 2.24) is 0 Å². The van der Waals surface area contributed by atoms with Gasteiger partial charge in [0.05, 0.1) is 5.56 Å². The zero-order valence-electron chi connectivity index (χ0n) is 10.3. The van der Waals surface area contributed by atoms with Gasteiger partial charge in [-0.1, -0.05) is 33.2 Å². The van der Waals surface area contributed by atoms with E-state index in [1.54, 1.807) is 30.3 Å². The zero-order chi connectivity index (χ0) is 14.8. The second kappa shape index (κ2) is 8.66. The Kier molecular flexibility index (Phi) is 6.78. The minimum absolute atomic E-state index is 0.00463. The van der Waals surface area contributed by atoms with E-state index >= 15 is 0 Å². The molecule has 0 unspecified atom stereocenters. The fraction of sp³-hybridized carbons (Fsp3) is 0.167. The molecule has 0 saturated heterocycles. The number of carbonyl (C=O) groups is 1. The summed E-state index contributed by atoms with van der Waals surface area (Å²) in [6.07, 6.45) is 3.09. The van der Waals surface area contributed by atoms with E-state index in [1.165, 1.54) is 6.08 Å². The van der Waals surface area contributed by atoms with E-state index in [2.05, 4.69) is 30.7 Å². The van der Waals surface area contributed by atoms with Gasteiger partial charge in [-0.25, -0.2) is 4.79 Å². The van der Waals surface area contributed by atoms with Crippen LogP contribution in [0.3, 0.4) is 0 Å². The Morgan fingerprint density at radius 1 is 1.30 bits per heavy atom. The van der Waals surface area contributed by atoms with Crippen LogP contribution in [-0.4, -0.2) is 29.6 Å². The summed E-state index contributed by atoms with van der Waals surface area (Å²) in [6.45, 7) is 0.178. The van der Waals surface area contributed by atoms with Gasteiger partial charge in [-0.3, -0.25) is 0 Å². The van der Waals surface area contributed by atoms with Crippen molar-refractivity contribution in [2.24, 2.45) is 5.11 Å². The fourth-order valence-electron chi connectivity index (χ4n) is 1.24. The molecule has 0 atom stereocenters. The summed E-state index contributed by atoms with van der Waals surface area (Å²) in [5.41, 5.74) is 17.2. The highest BCUT2D eigenvalue weighted by atomic mass is 79.9. The molecule has 0 aromatic heterocycles. The molecule has 8 heteroatoms. The number of halogens is 1. The molecule has 1 aromatic rings. The van der Waals surface area contributed by atoms with Crippen LogP contribution in [0.15, 0.2) is 46.0 Å². The minimum atomic E-state index is -0.747. The van der Waals surface area contributed by atoms with Gasteiger partial charge in [0.2, 0.25) is 0 Å². The van der Waals surface area contributed by atoms with E-state index in [1.807, 2.05) is 0 Å². The number of benzene rings is 1. The molecule has 102 valence electrons. The fourth-order valence-corrected chi connectivity index (χ4v) is 1.51. The average Bonchev–Trinajstić information content (AvgIpc) is 2.45. The highest BCUT2D eigenvalue weighted by Gasteiger charge is 2.23. The molecule has 7 nitrogen and oxygen atoms in total. The van der Waals surface area contributed by atoms with Crippen molar-refractivity contribution in [3.05, 3.63) is 62.4 Å². The lowest BCUT2D eigenvalue weighted by atomic mass is 10.1. The summed E-state index contributed by atoms with van der Waals surface area (Å²) in [7, 11) is 0. The third-order valence-electron chi connectivity index (χ3n) is 2.14. The number of rotatable bonds is 6. The van der Waals surface area contributed by atoms with Crippen LogP contribution in [0, 0.1) is 0 Å². The Morgan fingerprint density at radius 3 is 2.60 bits per heavy atom. The molecule has 0 aliphatic rings. The molecular formula is C12H10BrN5O2. The SMILES string of the molecule is [N-]=[N+]=NC/C=C\COC(=O)C(=[N+]=[N-])c1ccc(Br)cc1.